The molecule has 0 aliphatic carbocycles. The lowest BCUT2D eigenvalue weighted by atomic mass is 10.1. The van der Waals surface area contributed by atoms with E-state index in [2.05, 4.69) is 9.71 Å². The highest BCUT2D eigenvalue weighted by Gasteiger charge is 2.32. The molecule has 0 radical (unpaired) electrons. The molecule has 1 aromatic carbocycles. The molecular formula is C19H23N3O3S. The highest BCUT2D eigenvalue weighted by atomic mass is 32.2. The number of carbonyl (C=O) groups excluding carboxylic acids is 1. The minimum absolute atomic E-state index is 0.117. The molecule has 2 aromatic rings. The van der Waals surface area contributed by atoms with Gasteiger partial charge >= 0.3 is 0 Å². The van der Waals surface area contributed by atoms with Crippen molar-refractivity contribution in [2.75, 3.05) is 13.1 Å². The van der Waals surface area contributed by atoms with Gasteiger partial charge in [0.15, 0.2) is 0 Å². The number of sulfonamides is 1. The molecule has 7 heteroatoms. The Balaban J connectivity index is 1.64. The summed E-state index contributed by atoms with van der Waals surface area (Å²) in [6.07, 6.45) is 2.90. The van der Waals surface area contributed by atoms with Gasteiger partial charge in [-0.3, -0.25) is 9.78 Å². The molecule has 1 amide bonds. The number of nitrogens with one attached hydrogen (secondary N) is 1. The molecule has 3 rings (SSSR count). The Hall–Kier alpha value is -2.25. The first-order valence-corrected chi connectivity index (χ1v) is 10.2. The van der Waals surface area contributed by atoms with Crippen LogP contribution in [0.3, 0.4) is 0 Å². The monoisotopic (exact) mass is 373 g/mol. The summed E-state index contributed by atoms with van der Waals surface area (Å²) < 4.78 is 28.0. The average Bonchev–Trinajstić information content (AvgIpc) is 2.68. The maximum absolute atomic E-state index is 12.7. The fraction of sp³-hybridized carbons (Fsp3) is 0.368. The van der Waals surface area contributed by atoms with E-state index in [9.17, 15) is 13.2 Å². The number of carbonyl (C=O) groups is 1. The van der Waals surface area contributed by atoms with Crippen molar-refractivity contribution in [2.24, 2.45) is 0 Å². The summed E-state index contributed by atoms with van der Waals surface area (Å²) in [4.78, 5) is 18.4. The zero-order valence-corrected chi connectivity index (χ0v) is 15.6. The van der Waals surface area contributed by atoms with E-state index >= 15 is 0 Å². The van der Waals surface area contributed by atoms with E-state index in [0.717, 1.165) is 11.3 Å². The molecule has 6 nitrogen and oxygen atoms in total. The van der Waals surface area contributed by atoms with Crippen LogP contribution in [0.5, 0.6) is 0 Å². The summed E-state index contributed by atoms with van der Waals surface area (Å²) in [5.41, 5.74) is 2.29. The quantitative estimate of drug-likeness (QED) is 0.871. The molecule has 2 heterocycles. The van der Waals surface area contributed by atoms with Crippen LogP contribution in [0.2, 0.25) is 0 Å². The van der Waals surface area contributed by atoms with Crippen LogP contribution in [-0.4, -0.2) is 42.5 Å². The van der Waals surface area contributed by atoms with Gasteiger partial charge in [-0.2, -0.15) is 0 Å². The van der Waals surface area contributed by atoms with Gasteiger partial charge < -0.3 is 4.90 Å². The van der Waals surface area contributed by atoms with Crippen LogP contribution < -0.4 is 4.72 Å². The average molecular weight is 373 g/mol. The van der Waals surface area contributed by atoms with Crippen LogP contribution in [0, 0.1) is 6.92 Å². The van der Waals surface area contributed by atoms with Crippen LogP contribution in [0.4, 0.5) is 0 Å². The molecular weight excluding hydrogens is 350 g/mol. The normalized spacial score (nSPS) is 17.9. The lowest BCUT2D eigenvalue weighted by Crippen LogP contribution is -2.48. The number of aryl methyl sites for hydroxylation is 1. The molecule has 26 heavy (non-hydrogen) atoms. The van der Waals surface area contributed by atoms with Gasteiger partial charge in [0, 0.05) is 37.1 Å². The molecule has 0 unspecified atom stereocenters. The van der Waals surface area contributed by atoms with Gasteiger partial charge in [0.05, 0.1) is 5.25 Å². The van der Waals surface area contributed by atoms with E-state index in [4.69, 9.17) is 0 Å². The Labute approximate surface area is 154 Å². The van der Waals surface area contributed by atoms with Crippen molar-refractivity contribution >= 4 is 15.9 Å². The second-order valence-electron chi connectivity index (χ2n) is 6.56. The van der Waals surface area contributed by atoms with E-state index in [1.807, 2.05) is 37.3 Å². The third-order valence-corrected chi connectivity index (χ3v) is 6.38. The van der Waals surface area contributed by atoms with Crippen LogP contribution in [-0.2, 0) is 16.6 Å². The van der Waals surface area contributed by atoms with Gasteiger partial charge in [-0.25, -0.2) is 13.1 Å². The number of amides is 1. The van der Waals surface area contributed by atoms with Crippen molar-refractivity contribution in [3.63, 3.8) is 0 Å². The number of rotatable bonds is 5. The minimum Gasteiger partial charge on any atom is -0.337 e. The molecule has 1 aromatic heterocycles. The van der Waals surface area contributed by atoms with Crippen molar-refractivity contribution in [2.45, 2.75) is 31.6 Å². The van der Waals surface area contributed by atoms with Gasteiger partial charge in [0.2, 0.25) is 10.0 Å². The Kier molecular flexibility index (Phi) is 5.68. The van der Waals surface area contributed by atoms with Crippen molar-refractivity contribution < 1.29 is 13.2 Å². The largest absolute Gasteiger partial charge is 0.337 e. The first-order chi connectivity index (χ1) is 12.5. The highest BCUT2D eigenvalue weighted by Crippen LogP contribution is 2.19. The molecule has 1 N–H and O–H groups in total. The molecule has 0 spiro atoms. The number of likely N-dealkylation sites (tertiary alicyclic amines) is 1. The van der Waals surface area contributed by atoms with Crippen LogP contribution in [0.25, 0.3) is 0 Å². The number of pyridine rings is 1. The molecule has 138 valence electrons. The Morgan fingerprint density at radius 2 is 2.00 bits per heavy atom. The van der Waals surface area contributed by atoms with E-state index in [1.54, 1.807) is 23.2 Å². The summed E-state index contributed by atoms with van der Waals surface area (Å²) in [7, 11) is -3.51. The summed E-state index contributed by atoms with van der Waals surface area (Å²) in [6.45, 7) is 2.89. The topological polar surface area (TPSA) is 79.4 Å². The molecule has 1 aliphatic heterocycles. The summed E-state index contributed by atoms with van der Waals surface area (Å²) in [5, 5.41) is -0.595. The Morgan fingerprint density at radius 3 is 2.69 bits per heavy atom. The molecule has 0 saturated carbocycles. The number of benzene rings is 1. The zero-order chi connectivity index (χ0) is 18.6. The van der Waals surface area contributed by atoms with Gasteiger partial charge in [-0.05, 0) is 43.5 Å². The van der Waals surface area contributed by atoms with Gasteiger partial charge in [-0.1, -0.05) is 24.3 Å². The minimum atomic E-state index is -3.51. The molecule has 1 fully saturated rings. The van der Waals surface area contributed by atoms with Crippen molar-refractivity contribution in [3.8, 4) is 0 Å². The highest BCUT2D eigenvalue weighted by molar-refractivity contribution is 7.90. The number of nitrogens with zero attached hydrogens (tertiary/aromatic N) is 2. The summed E-state index contributed by atoms with van der Waals surface area (Å²) in [5.74, 6) is -0.117. The van der Waals surface area contributed by atoms with Crippen LogP contribution in [0.15, 0.2) is 48.7 Å². The smallest absolute Gasteiger partial charge is 0.253 e. The van der Waals surface area contributed by atoms with Gasteiger partial charge in [-0.15, -0.1) is 0 Å². The SMILES string of the molecule is Cc1ccc(CNS(=O)(=O)[C@H]2CCCN(C(=O)c3ccccc3)C2)cn1. The van der Waals surface area contributed by atoms with Crippen molar-refractivity contribution in [1.82, 2.24) is 14.6 Å². The number of hydrogen-bond donors (Lipinski definition) is 1. The molecule has 1 aliphatic rings. The summed E-state index contributed by atoms with van der Waals surface area (Å²) >= 11 is 0. The first-order valence-electron chi connectivity index (χ1n) is 8.70. The van der Waals surface area contributed by atoms with Gasteiger partial charge in [0.25, 0.3) is 5.91 Å². The van der Waals surface area contributed by atoms with Gasteiger partial charge in [0.1, 0.15) is 0 Å². The fourth-order valence-corrected chi connectivity index (χ4v) is 4.50. The third-order valence-electron chi connectivity index (χ3n) is 4.58. The number of hydrogen-bond acceptors (Lipinski definition) is 4. The maximum atomic E-state index is 12.7. The van der Waals surface area contributed by atoms with Crippen LogP contribution in [0.1, 0.15) is 34.5 Å². The fourth-order valence-electron chi connectivity index (χ4n) is 3.04. The summed E-state index contributed by atoms with van der Waals surface area (Å²) in [6, 6.07) is 12.7. The van der Waals surface area contributed by atoms with Crippen molar-refractivity contribution in [1.29, 1.82) is 0 Å². The van der Waals surface area contributed by atoms with E-state index in [0.29, 0.717) is 24.9 Å². The second-order valence-corrected chi connectivity index (χ2v) is 8.60. The van der Waals surface area contributed by atoms with Crippen molar-refractivity contribution in [3.05, 3.63) is 65.5 Å². The van der Waals surface area contributed by atoms with E-state index in [-0.39, 0.29) is 19.0 Å². The maximum Gasteiger partial charge on any atom is 0.253 e. The predicted octanol–water partition coefficient (Wildman–Crippen LogP) is 2.11. The second kappa shape index (κ2) is 7.97. The standard InChI is InChI=1S/C19H23N3O3S/c1-15-9-10-16(12-20-15)13-21-26(24,25)18-8-5-11-22(14-18)19(23)17-6-3-2-4-7-17/h2-4,6-7,9-10,12,18,21H,5,8,11,13-14H2,1H3/t18-/m0/s1. The predicted molar refractivity (Wildman–Crippen MR) is 100 cm³/mol. The Bertz CT molecular complexity index is 851. The lowest BCUT2D eigenvalue weighted by molar-refractivity contribution is 0.0726. The van der Waals surface area contributed by atoms with E-state index in [1.165, 1.54) is 0 Å². The lowest BCUT2D eigenvalue weighted by Gasteiger charge is -2.32. The number of piperidine rings is 1. The third kappa shape index (κ3) is 4.47. The molecule has 1 atom stereocenters. The molecule has 1 saturated heterocycles. The van der Waals surface area contributed by atoms with Crippen LogP contribution >= 0.6 is 0 Å². The first kappa shape index (κ1) is 18.5. The number of aromatic nitrogens is 1. The molecule has 0 bridgehead atoms. The zero-order valence-electron chi connectivity index (χ0n) is 14.8. The Morgan fingerprint density at radius 1 is 1.23 bits per heavy atom. The van der Waals surface area contributed by atoms with E-state index < -0.39 is 15.3 Å².